The normalized spacial score (nSPS) is 15.7. The van der Waals surface area contributed by atoms with Gasteiger partial charge >= 0.3 is 6.09 Å². The molecule has 0 fully saturated rings. The van der Waals surface area contributed by atoms with Crippen molar-refractivity contribution in [3.63, 3.8) is 0 Å². The van der Waals surface area contributed by atoms with Crippen LogP contribution in [0.3, 0.4) is 0 Å². The van der Waals surface area contributed by atoms with Crippen molar-refractivity contribution in [3.05, 3.63) is 23.4 Å². The molecule has 0 radical (unpaired) electrons. The topological polar surface area (TPSA) is 82.5 Å². The summed E-state index contributed by atoms with van der Waals surface area (Å²) < 4.78 is 5.27. The molecule has 0 saturated heterocycles. The van der Waals surface area contributed by atoms with Gasteiger partial charge in [-0.1, -0.05) is 0 Å². The van der Waals surface area contributed by atoms with E-state index in [1.54, 1.807) is 27.0 Å². The Balaban J connectivity index is 2.82. The Morgan fingerprint density at radius 1 is 1.45 bits per heavy atom. The Morgan fingerprint density at radius 2 is 2.10 bits per heavy atom. The number of likely N-dealkylation sites (N-methyl/N-ethyl adjacent to an activating group) is 1. The molecule has 0 aromatic rings. The molecule has 1 aliphatic rings. The van der Waals surface area contributed by atoms with Gasteiger partial charge in [0.2, 0.25) is 5.91 Å². The first-order valence-electron chi connectivity index (χ1n) is 6.41. The third-order valence-corrected chi connectivity index (χ3v) is 2.62. The quantitative estimate of drug-likeness (QED) is 0.610. The van der Waals surface area contributed by atoms with E-state index >= 15 is 0 Å². The Labute approximate surface area is 119 Å². The third-order valence-electron chi connectivity index (χ3n) is 2.62. The van der Waals surface area contributed by atoms with Gasteiger partial charge in [-0.05, 0) is 32.8 Å². The van der Waals surface area contributed by atoms with Crippen LogP contribution in [0.4, 0.5) is 4.79 Å². The standard InChI is InChI=1S/C14H21N3O3/c1-14(2,3)20-13(19)17-6-5-10(9-17)11(8-15)7-12(18)16-4/h7-9,15H,5-6H2,1-4H3,(H,16,18)/b11-7+,15-8?. The molecule has 0 unspecified atom stereocenters. The summed E-state index contributed by atoms with van der Waals surface area (Å²) in [5.41, 5.74) is 0.723. The van der Waals surface area contributed by atoms with Crippen molar-refractivity contribution in [1.82, 2.24) is 10.2 Å². The molecule has 2 N–H and O–H groups in total. The summed E-state index contributed by atoms with van der Waals surface area (Å²) in [6, 6.07) is 0. The van der Waals surface area contributed by atoms with Gasteiger partial charge in [0.25, 0.3) is 0 Å². The number of hydrogen-bond acceptors (Lipinski definition) is 4. The molecule has 0 saturated carbocycles. The minimum atomic E-state index is -0.546. The van der Waals surface area contributed by atoms with Crippen LogP contribution in [-0.2, 0) is 9.53 Å². The van der Waals surface area contributed by atoms with E-state index in [0.717, 1.165) is 11.8 Å². The van der Waals surface area contributed by atoms with E-state index in [-0.39, 0.29) is 5.91 Å². The van der Waals surface area contributed by atoms with Crippen LogP contribution in [0, 0.1) is 5.41 Å². The van der Waals surface area contributed by atoms with Crippen molar-refractivity contribution in [3.8, 4) is 0 Å². The second-order valence-corrected chi connectivity index (χ2v) is 5.44. The van der Waals surface area contributed by atoms with Gasteiger partial charge in [0.05, 0.1) is 0 Å². The van der Waals surface area contributed by atoms with E-state index in [9.17, 15) is 9.59 Å². The van der Waals surface area contributed by atoms with Crippen molar-refractivity contribution in [2.75, 3.05) is 13.6 Å². The highest BCUT2D eigenvalue weighted by Gasteiger charge is 2.25. The fourth-order valence-electron chi connectivity index (χ4n) is 1.68. The Bertz CT molecular complexity index is 473. The lowest BCUT2D eigenvalue weighted by atomic mass is 10.1. The number of carbonyl (C=O) groups excluding carboxylic acids is 2. The molecule has 1 aliphatic heterocycles. The molecule has 0 atom stereocenters. The summed E-state index contributed by atoms with van der Waals surface area (Å²) in [4.78, 5) is 24.7. The summed E-state index contributed by atoms with van der Waals surface area (Å²) in [5.74, 6) is -0.278. The monoisotopic (exact) mass is 279 g/mol. The summed E-state index contributed by atoms with van der Waals surface area (Å²) in [7, 11) is 1.52. The van der Waals surface area contributed by atoms with Crippen LogP contribution in [-0.4, -0.2) is 42.3 Å². The average Bonchev–Trinajstić information content (AvgIpc) is 2.83. The maximum absolute atomic E-state index is 11.9. The Morgan fingerprint density at radius 3 is 2.60 bits per heavy atom. The summed E-state index contributed by atoms with van der Waals surface area (Å²) >= 11 is 0. The number of ether oxygens (including phenoxy) is 1. The number of rotatable bonds is 3. The molecule has 20 heavy (non-hydrogen) atoms. The van der Waals surface area contributed by atoms with E-state index in [0.29, 0.717) is 18.5 Å². The van der Waals surface area contributed by atoms with Crippen LogP contribution in [0.1, 0.15) is 27.2 Å². The van der Waals surface area contributed by atoms with Gasteiger partial charge in [0.15, 0.2) is 0 Å². The van der Waals surface area contributed by atoms with Gasteiger partial charge < -0.3 is 15.5 Å². The lowest BCUT2D eigenvalue weighted by molar-refractivity contribution is -0.116. The van der Waals surface area contributed by atoms with Crippen LogP contribution in [0.25, 0.3) is 0 Å². The molecule has 1 heterocycles. The molecule has 0 spiro atoms. The summed E-state index contributed by atoms with van der Waals surface area (Å²) in [5, 5.41) is 9.83. The highest BCUT2D eigenvalue weighted by atomic mass is 16.6. The third kappa shape index (κ3) is 4.53. The van der Waals surface area contributed by atoms with Gasteiger partial charge in [-0.15, -0.1) is 0 Å². The number of amides is 2. The maximum atomic E-state index is 11.9. The van der Waals surface area contributed by atoms with Crippen molar-refractivity contribution in [2.24, 2.45) is 0 Å². The lowest BCUT2D eigenvalue weighted by Gasteiger charge is -2.23. The largest absolute Gasteiger partial charge is 0.443 e. The van der Waals surface area contributed by atoms with Crippen molar-refractivity contribution in [1.29, 1.82) is 5.41 Å². The lowest BCUT2D eigenvalue weighted by Crippen LogP contribution is -2.32. The first kappa shape index (κ1) is 15.9. The molecular weight excluding hydrogens is 258 g/mol. The smallest absolute Gasteiger partial charge is 0.414 e. The minimum Gasteiger partial charge on any atom is -0.443 e. The molecule has 2 amide bonds. The molecule has 1 rings (SSSR count). The highest BCUT2D eigenvalue weighted by molar-refractivity contribution is 5.96. The van der Waals surface area contributed by atoms with E-state index in [1.165, 1.54) is 18.0 Å². The number of nitrogens with zero attached hydrogens (tertiary/aromatic N) is 1. The Hall–Kier alpha value is -2.11. The van der Waals surface area contributed by atoms with E-state index < -0.39 is 11.7 Å². The second-order valence-electron chi connectivity index (χ2n) is 5.44. The van der Waals surface area contributed by atoms with Crippen LogP contribution in [0.15, 0.2) is 23.4 Å². The van der Waals surface area contributed by atoms with Gasteiger partial charge in [0, 0.05) is 37.7 Å². The zero-order valence-corrected chi connectivity index (χ0v) is 12.3. The summed E-state index contributed by atoms with van der Waals surface area (Å²) in [6.07, 6.45) is 4.26. The molecule has 6 nitrogen and oxygen atoms in total. The van der Waals surface area contributed by atoms with E-state index in [4.69, 9.17) is 10.1 Å². The van der Waals surface area contributed by atoms with Gasteiger partial charge in [-0.2, -0.15) is 0 Å². The molecular formula is C14H21N3O3. The predicted octanol–water partition coefficient (Wildman–Crippen LogP) is 1.83. The predicted molar refractivity (Wildman–Crippen MR) is 76.6 cm³/mol. The molecule has 0 aromatic carbocycles. The van der Waals surface area contributed by atoms with E-state index in [2.05, 4.69) is 5.32 Å². The molecule has 110 valence electrons. The summed E-state index contributed by atoms with van der Waals surface area (Å²) in [6.45, 7) is 5.91. The number of carbonyl (C=O) groups is 2. The second kappa shape index (κ2) is 6.36. The SMILES string of the molecule is CNC(=O)/C=C(\C=N)C1=CN(C(=O)OC(C)(C)C)CC1. The van der Waals surface area contributed by atoms with Crippen LogP contribution >= 0.6 is 0 Å². The van der Waals surface area contributed by atoms with Crippen molar-refractivity contribution < 1.29 is 14.3 Å². The molecule has 6 heteroatoms. The van der Waals surface area contributed by atoms with Gasteiger partial charge in [-0.3, -0.25) is 9.69 Å². The minimum absolute atomic E-state index is 0.278. The number of allylic oxidation sites excluding steroid dienone is 1. The van der Waals surface area contributed by atoms with Crippen LogP contribution in [0.2, 0.25) is 0 Å². The maximum Gasteiger partial charge on any atom is 0.414 e. The first-order valence-corrected chi connectivity index (χ1v) is 6.41. The fourth-order valence-corrected chi connectivity index (χ4v) is 1.68. The first-order chi connectivity index (χ1) is 9.26. The van der Waals surface area contributed by atoms with E-state index in [1.807, 2.05) is 0 Å². The van der Waals surface area contributed by atoms with Crippen molar-refractivity contribution in [2.45, 2.75) is 32.8 Å². The zero-order chi connectivity index (χ0) is 15.3. The molecule has 0 bridgehead atoms. The van der Waals surface area contributed by atoms with Crippen molar-refractivity contribution >= 4 is 18.2 Å². The van der Waals surface area contributed by atoms with Crippen LogP contribution in [0.5, 0.6) is 0 Å². The average molecular weight is 279 g/mol. The van der Waals surface area contributed by atoms with Gasteiger partial charge in [-0.25, -0.2) is 4.79 Å². The number of hydrogen-bond donors (Lipinski definition) is 2. The Kier molecular flexibility index (Phi) is 5.07. The van der Waals surface area contributed by atoms with Crippen LogP contribution < -0.4 is 5.32 Å². The van der Waals surface area contributed by atoms with Gasteiger partial charge in [0.1, 0.15) is 5.60 Å². The molecule has 0 aliphatic carbocycles. The highest BCUT2D eigenvalue weighted by Crippen LogP contribution is 2.22. The zero-order valence-electron chi connectivity index (χ0n) is 12.3. The fraction of sp³-hybridized carbons (Fsp3) is 0.500. The molecule has 0 aromatic heterocycles. The number of nitrogens with one attached hydrogen (secondary N) is 2.